The maximum Gasteiger partial charge on any atom is 0.146 e. The Morgan fingerprint density at radius 1 is 1.56 bits per heavy atom. The van der Waals surface area contributed by atoms with E-state index >= 15 is 0 Å². The number of nitrogens with one attached hydrogen (secondary N) is 1. The lowest BCUT2D eigenvalue weighted by Gasteiger charge is -2.11. The molecule has 0 fully saturated rings. The highest BCUT2D eigenvalue weighted by molar-refractivity contribution is 6.30. The average molecular weight is 248 g/mol. The van der Waals surface area contributed by atoms with E-state index in [0.717, 1.165) is 0 Å². The standard InChI is InChI=1S/C11H15ClFNO2/c1-16-7-9(15)6-14-5-8-3-2-4-10(12)11(8)13/h2-4,9,14-15H,5-7H2,1H3. The van der Waals surface area contributed by atoms with Crippen LogP contribution in [-0.2, 0) is 11.3 Å². The van der Waals surface area contributed by atoms with Gasteiger partial charge in [-0.25, -0.2) is 4.39 Å². The van der Waals surface area contributed by atoms with E-state index in [0.29, 0.717) is 18.7 Å². The van der Waals surface area contributed by atoms with Gasteiger partial charge in [-0.1, -0.05) is 23.7 Å². The van der Waals surface area contributed by atoms with E-state index in [4.69, 9.17) is 16.3 Å². The zero-order valence-corrected chi connectivity index (χ0v) is 9.80. The molecule has 5 heteroatoms. The van der Waals surface area contributed by atoms with Crippen LogP contribution < -0.4 is 5.32 Å². The molecule has 0 saturated carbocycles. The maximum atomic E-state index is 13.4. The summed E-state index contributed by atoms with van der Waals surface area (Å²) in [5, 5.41) is 12.4. The zero-order chi connectivity index (χ0) is 12.0. The van der Waals surface area contributed by atoms with Crippen LogP contribution >= 0.6 is 11.6 Å². The molecule has 1 unspecified atom stereocenters. The summed E-state index contributed by atoms with van der Waals surface area (Å²) in [5.74, 6) is -0.419. The second-order valence-corrected chi connectivity index (χ2v) is 3.86. The van der Waals surface area contributed by atoms with Gasteiger partial charge in [0.25, 0.3) is 0 Å². The molecule has 1 atom stereocenters. The molecule has 90 valence electrons. The maximum absolute atomic E-state index is 13.4. The van der Waals surface area contributed by atoms with Crippen molar-refractivity contribution in [2.45, 2.75) is 12.6 Å². The molecule has 0 heterocycles. The number of benzene rings is 1. The van der Waals surface area contributed by atoms with Crippen LogP contribution in [0.15, 0.2) is 18.2 Å². The molecular weight excluding hydrogens is 233 g/mol. The Labute approximate surface area is 99.2 Å². The summed E-state index contributed by atoms with van der Waals surface area (Å²) in [4.78, 5) is 0. The quantitative estimate of drug-likeness (QED) is 0.802. The van der Waals surface area contributed by atoms with Gasteiger partial charge in [0.15, 0.2) is 0 Å². The Morgan fingerprint density at radius 2 is 2.31 bits per heavy atom. The molecule has 1 rings (SSSR count). The first-order chi connectivity index (χ1) is 7.65. The lowest BCUT2D eigenvalue weighted by atomic mass is 10.2. The minimum Gasteiger partial charge on any atom is -0.389 e. The van der Waals surface area contributed by atoms with Crippen LogP contribution in [0.2, 0.25) is 5.02 Å². The molecule has 3 nitrogen and oxygen atoms in total. The van der Waals surface area contributed by atoms with Crippen LogP contribution in [0.5, 0.6) is 0 Å². The van der Waals surface area contributed by atoms with Gasteiger partial charge in [-0.05, 0) is 6.07 Å². The number of aliphatic hydroxyl groups excluding tert-OH is 1. The van der Waals surface area contributed by atoms with Crippen LogP contribution in [0.3, 0.4) is 0 Å². The molecule has 1 aromatic rings. The van der Waals surface area contributed by atoms with Gasteiger partial charge in [0.1, 0.15) is 5.82 Å². The minimum absolute atomic E-state index is 0.108. The number of aliphatic hydroxyl groups is 1. The van der Waals surface area contributed by atoms with Crippen molar-refractivity contribution in [1.29, 1.82) is 0 Å². The summed E-state index contributed by atoms with van der Waals surface area (Å²) in [6.45, 7) is 0.929. The molecule has 0 saturated heterocycles. The van der Waals surface area contributed by atoms with E-state index in [-0.39, 0.29) is 11.6 Å². The topological polar surface area (TPSA) is 41.5 Å². The summed E-state index contributed by atoms with van der Waals surface area (Å²) in [7, 11) is 1.51. The monoisotopic (exact) mass is 247 g/mol. The molecule has 0 spiro atoms. The van der Waals surface area contributed by atoms with Crippen LogP contribution in [-0.4, -0.2) is 31.5 Å². The van der Waals surface area contributed by atoms with E-state index in [1.165, 1.54) is 13.2 Å². The third kappa shape index (κ3) is 4.06. The van der Waals surface area contributed by atoms with Gasteiger partial charge in [0.05, 0.1) is 17.7 Å². The van der Waals surface area contributed by atoms with Gasteiger partial charge in [0, 0.05) is 25.8 Å². The second kappa shape index (κ2) is 6.81. The van der Waals surface area contributed by atoms with Gasteiger partial charge in [0.2, 0.25) is 0 Å². The van der Waals surface area contributed by atoms with E-state index < -0.39 is 11.9 Å². The molecule has 0 aromatic heterocycles. The number of hydrogen-bond acceptors (Lipinski definition) is 3. The highest BCUT2D eigenvalue weighted by atomic mass is 35.5. The lowest BCUT2D eigenvalue weighted by Crippen LogP contribution is -2.29. The highest BCUT2D eigenvalue weighted by Crippen LogP contribution is 2.17. The van der Waals surface area contributed by atoms with E-state index in [2.05, 4.69) is 5.32 Å². The van der Waals surface area contributed by atoms with Crippen molar-refractivity contribution in [1.82, 2.24) is 5.32 Å². The highest BCUT2D eigenvalue weighted by Gasteiger charge is 2.07. The summed E-state index contributed by atoms with van der Waals surface area (Å²) in [5.41, 5.74) is 0.483. The van der Waals surface area contributed by atoms with Gasteiger partial charge >= 0.3 is 0 Å². The fourth-order valence-electron chi connectivity index (χ4n) is 1.31. The van der Waals surface area contributed by atoms with E-state index in [9.17, 15) is 9.50 Å². The average Bonchev–Trinajstić information content (AvgIpc) is 2.25. The van der Waals surface area contributed by atoms with Crippen LogP contribution in [0.1, 0.15) is 5.56 Å². The Kier molecular flexibility index (Phi) is 5.69. The largest absolute Gasteiger partial charge is 0.389 e. The van der Waals surface area contributed by atoms with Crippen molar-refractivity contribution in [3.8, 4) is 0 Å². The van der Waals surface area contributed by atoms with Crippen LogP contribution in [0.25, 0.3) is 0 Å². The number of methoxy groups -OCH3 is 1. The van der Waals surface area contributed by atoms with Gasteiger partial charge in [-0.3, -0.25) is 0 Å². The number of halogens is 2. The molecule has 0 radical (unpaired) electrons. The summed E-state index contributed by atoms with van der Waals surface area (Å²) < 4.78 is 18.2. The van der Waals surface area contributed by atoms with Crippen molar-refractivity contribution in [3.63, 3.8) is 0 Å². The Balaban J connectivity index is 2.40. The van der Waals surface area contributed by atoms with Crippen molar-refractivity contribution >= 4 is 11.6 Å². The first kappa shape index (κ1) is 13.4. The Morgan fingerprint density at radius 3 is 3.00 bits per heavy atom. The SMILES string of the molecule is COCC(O)CNCc1cccc(Cl)c1F. The van der Waals surface area contributed by atoms with Crippen LogP contribution in [0.4, 0.5) is 4.39 Å². The minimum atomic E-state index is -0.591. The fourth-order valence-corrected chi connectivity index (χ4v) is 1.50. The molecule has 1 aromatic carbocycles. The molecular formula is C11H15ClFNO2. The van der Waals surface area contributed by atoms with Gasteiger partial charge in [-0.2, -0.15) is 0 Å². The Bertz CT molecular complexity index is 336. The lowest BCUT2D eigenvalue weighted by molar-refractivity contribution is 0.0643. The number of rotatable bonds is 6. The summed E-state index contributed by atoms with van der Waals surface area (Å²) >= 11 is 5.63. The first-order valence-corrected chi connectivity index (χ1v) is 5.33. The second-order valence-electron chi connectivity index (χ2n) is 3.45. The van der Waals surface area contributed by atoms with Crippen molar-refractivity contribution in [2.24, 2.45) is 0 Å². The molecule has 16 heavy (non-hydrogen) atoms. The van der Waals surface area contributed by atoms with E-state index in [1.54, 1.807) is 12.1 Å². The van der Waals surface area contributed by atoms with Crippen molar-refractivity contribution in [2.75, 3.05) is 20.3 Å². The molecule has 0 aliphatic heterocycles. The van der Waals surface area contributed by atoms with Gasteiger partial charge < -0.3 is 15.2 Å². The normalized spacial score (nSPS) is 12.8. The summed E-state index contributed by atoms with van der Waals surface area (Å²) in [6.07, 6.45) is -0.591. The molecule has 0 aliphatic rings. The molecule has 0 amide bonds. The molecule has 2 N–H and O–H groups in total. The third-order valence-electron chi connectivity index (χ3n) is 2.09. The van der Waals surface area contributed by atoms with Crippen molar-refractivity contribution in [3.05, 3.63) is 34.6 Å². The number of hydrogen-bond donors (Lipinski definition) is 2. The third-order valence-corrected chi connectivity index (χ3v) is 2.38. The van der Waals surface area contributed by atoms with Gasteiger partial charge in [-0.15, -0.1) is 0 Å². The van der Waals surface area contributed by atoms with Crippen molar-refractivity contribution < 1.29 is 14.2 Å². The Hall–Kier alpha value is -0.680. The number of ether oxygens (including phenoxy) is 1. The fraction of sp³-hybridized carbons (Fsp3) is 0.455. The zero-order valence-electron chi connectivity index (χ0n) is 9.04. The predicted octanol–water partition coefficient (Wildman–Crippen LogP) is 1.58. The van der Waals surface area contributed by atoms with E-state index in [1.807, 2.05) is 0 Å². The molecule has 0 aliphatic carbocycles. The predicted molar refractivity (Wildman–Crippen MR) is 61.0 cm³/mol. The molecule has 0 bridgehead atoms. The first-order valence-electron chi connectivity index (χ1n) is 4.95. The van der Waals surface area contributed by atoms with Crippen LogP contribution in [0, 0.1) is 5.82 Å². The summed E-state index contributed by atoms with van der Waals surface area (Å²) in [6, 6.07) is 4.84. The smallest absolute Gasteiger partial charge is 0.146 e.